The molecule has 12 heterocycles. The number of nitrogens with one attached hydrogen (secondary N) is 1. The Morgan fingerprint density at radius 3 is 1.56 bits per heavy atom. The van der Waals surface area contributed by atoms with Gasteiger partial charge in [0.25, 0.3) is 5.56 Å². The smallest absolute Gasteiger partial charge is 0.259 e. The number of nitrogens with zero attached hydrogens (tertiary/aromatic N) is 13. The number of rotatable bonds is 11. The zero-order valence-electron chi connectivity index (χ0n) is 45.5. The molecule has 2 aliphatic rings. The van der Waals surface area contributed by atoms with Crippen molar-refractivity contribution in [1.82, 2.24) is 69.0 Å². The minimum Gasteiger partial charge on any atom is -0.480 e. The van der Waals surface area contributed by atoms with E-state index in [1.165, 1.54) is 12.1 Å². The summed E-state index contributed by atoms with van der Waals surface area (Å²) >= 11 is 0. The minimum atomic E-state index is -1.31. The van der Waals surface area contributed by atoms with Crippen molar-refractivity contribution >= 4 is 43.9 Å². The molecule has 0 amide bonds. The molecule has 22 heteroatoms. The van der Waals surface area contributed by atoms with Gasteiger partial charge in [0.15, 0.2) is 0 Å². The molecular weight excluding hydrogens is 1010 g/mol. The van der Waals surface area contributed by atoms with E-state index in [1.807, 2.05) is 50.7 Å². The van der Waals surface area contributed by atoms with Gasteiger partial charge in [-0.1, -0.05) is 10.4 Å². The molecule has 3 N–H and O–H groups in total. The van der Waals surface area contributed by atoms with E-state index in [0.717, 1.165) is 57.8 Å². The lowest BCUT2D eigenvalue weighted by molar-refractivity contribution is 0.0541. The van der Waals surface area contributed by atoms with Crippen LogP contribution >= 0.6 is 0 Å². The van der Waals surface area contributed by atoms with Crippen LogP contribution in [0, 0.1) is 37.3 Å². The van der Waals surface area contributed by atoms with E-state index in [-0.39, 0.29) is 28.9 Å². The first-order valence-corrected chi connectivity index (χ1v) is 26.3. The van der Waals surface area contributed by atoms with Gasteiger partial charge in [-0.25, -0.2) is 23.1 Å². The monoisotopic (exact) mass is 1080 g/mol. The molecule has 2 atom stereocenters. The van der Waals surface area contributed by atoms with Crippen molar-refractivity contribution in [1.29, 1.82) is 0 Å². The summed E-state index contributed by atoms with van der Waals surface area (Å²) in [6.45, 7) is 12.6. The largest absolute Gasteiger partial charge is 0.480 e. The van der Waals surface area contributed by atoms with Crippen LogP contribution in [0.3, 0.4) is 0 Å². The summed E-state index contributed by atoms with van der Waals surface area (Å²) in [4.78, 5) is 39.8. The van der Waals surface area contributed by atoms with Crippen molar-refractivity contribution in [2.75, 3.05) is 33.5 Å². The van der Waals surface area contributed by atoms with Crippen molar-refractivity contribution in [2.24, 2.45) is 25.9 Å². The van der Waals surface area contributed by atoms with E-state index in [4.69, 9.17) is 24.2 Å². The van der Waals surface area contributed by atoms with E-state index in [1.54, 1.807) is 87.2 Å². The number of aryl methyl sites for hydroxylation is 4. The summed E-state index contributed by atoms with van der Waals surface area (Å²) in [6, 6.07) is 12.6. The van der Waals surface area contributed by atoms with Gasteiger partial charge in [0.1, 0.15) is 28.3 Å². The fourth-order valence-corrected chi connectivity index (χ4v) is 11.6. The van der Waals surface area contributed by atoms with Crippen LogP contribution in [0.5, 0.6) is 5.88 Å². The van der Waals surface area contributed by atoms with Crippen LogP contribution in [0.2, 0.25) is 0 Å². The number of pyridine rings is 6. The fraction of sp³-hybridized carbons (Fsp3) is 0.404. The van der Waals surface area contributed by atoms with Crippen molar-refractivity contribution < 1.29 is 33.2 Å². The second-order valence-corrected chi connectivity index (χ2v) is 21.5. The molecule has 2 aliphatic heterocycles. The van der Waals surface area contributed by atoms with Crippen LogP contribution in [0.1, 0.15) is 99.6 Å². The summed E-state index contributed by atoms with van der Waals surface area (Å²) in [5.74, 6) is -0.453. The Labute approximate surface area is 452 Å². The summed E-state index contributed by atoms with van der Waals surface area (Å²) in [7, 11) is 5.20. The highest BCUT2D eigenvalue weighted by molar-refractivity contribution is 6.10. The third kappa shape index (κ3) is 9.59. The molecule has 2 fully saturated rings. The van der Waals surface area contributed by atoms with E-state index >= 15 is 8.78 Å². The Hall–Kier alpha value is -7.92. The van der Waals surface area contributed by atoms with Gasteiger partial charge in [0.2, 0.25) is 5.88 Å². The zero-order chi connectivity index (χ0) is 55.7. The number of ether oxygens (including phenoxy) is 3. The molecule has 10 aromatic heterocycles. The Bertz CT molecular complexity index is 3950. The lowest BCUT2D eigenvalue weighted by atomic mass is 9.88. The number of hydrogen-bond donors (Lipinski definition) is 3. The van der Waals surface area contributed by atoms with E-state index in [0.29, 0.717) is 95.1 Å². The van der Waals surface area contributed by atoms with Gasteiger partial charge in [-0.3, -0.25) is 24.7 Å². The maximum Gasteiger partial charge on any atom is 0.259 e. The number of H-pyrrole nitrogens is 1. The molecule has 2 saturated heterocycles. The maximum absolute atomic E-state index is 15.6. The second kappa shape index (κ2) is 20.7. The lowest BCUT2D eigenvalue weighted by Crippen LogP contribution is -2.29. The lowest BCUT2D eigenvalue weighted by Gasteiger charge is -2.32. The van der Waals surface area contributed by atoms with Gasteiger partial charge in [0.05, 0.1) is 103 Å². The average molecular weight is 1080 g/mol. The highest BCUT2D eigenvalue weighted by atomic mass is 19.1. The molecule has 410 valence electrons. The highest BCUT2D eigenvalue weighted by Crippen LogP contribution is 2.45. The first kappa shape index (κ1) is 53.1. The first-order valence-electron chi connectivity index (χ1n) is 26.3. The summed E-state index contributed by atoms with van der Waals surface area (Å²) in [5, 5.41) is 39.5. The Morgan fingerprint density at radius 2 is 1.14 bits per heavy atom. The van der Waals surface area contributed by atoms with E-state index < -0.39 is 29.1 Å². The number of hydrogen-bond acceptors (Lipinski definition) is 15. The average Bonchev–Trinajstić information content (AvgIpc) is 4.05. The molecule has 0 saturated carbocycles. The predicted octanol–water partition coefficient (Wildman–Crippen LogP) is 8.23. The van der Waals surface area contributed by atoms with Crippen molar-refractivity contribution in [3.05, 3.63) is 129 Å². The van der Waals surface area contributed by atoms with Gasteiger partial charge in [-0.15, -0.1) is 10.2 Å². The second-order valence-electron chi connectivity index (χ2n) is 21.5. The molecule has 0 radical (unpaired) electrons. The summed E-state index contributed by atoms with van der Waals surface area (Å²) in [5.41, 5.74) is 7.05. The standard InChI is InChI=1S/C29H32FN7O3.C28H30FN7O3/c1-16-26(36(4)35-34-16)18-13-21-25(32-15-18)23-20(14-22(29(2,3)38)33-28(23)39-5)37(21)27(17-8-11-40-12-9-17)24-19(30)7-6-10-31-24;1-15-25(35(4)34-33-15)17-12-20-24(31-14-17)22-19(13-21(28(2,3)38)32-27(22)37)36(20)26(16-7-10-39-11-8-16)23-18(29)6-5-9-30-23/h6-7,10,13-15,17,27,38H,8-9,11-12H2,1-5H3;5-6,9,12-14,16,26,38H,7-8,10-11H2,1-4H3,(H,32,37)/t27-;26-/m11/s1. The molecule has 0 aliphatic carbocycles. The van der Waals surface area contributed by atoms with Crippen LogP contribution in [-0.4, -0.2) is 113 Å². The SMILES string of the molecule is COc1nc(C(C)(C)O)cc2c1c1ncc(-c3c(C)nnn3C)cc1n2[C@@H](c1ncccc1F)C1CCOCC1.Cc1nnn(C)c1-c1cnc2c3c(=O)[nH]c(C(C)(C)O)cc3n([C@@H](c3ncccc3F)C3CCOCC3)c2c1. The molecule has 0 spiro atoms. The highest BCUT2D eigenvalue weighted by Gasteiger charge is 2.37. The van der Waals surface area contributed by atoms with Crippen LogP contribution in [0.4, 0.5) is 8.78 Å². The number of halogens is 2. The number of aliphatic hydroxyl groups is 2. The molecule has 12 rings (SSSR count). The van der Waals surface area contributed by atoms with Crippen LogP contribution < -0.4 is 10.3 Å². The van der Waals surface area contributed by atoms with Crippen LogP contribution in [0.25, 0.3) is 66.4 Å². The van der Waals surface area contributed by atoms with Crippen molar-refractivity contribution in [2.45, 2.75) is 90.5 Å². The molecular formula is C57H62F2N14O6. The zero-order valence-corrected chi connectivity index (χ0v) is 45.5. The number of aromatic amines is 1. The molecule has 10 aromatic rings. The third-order valence-electron chi connectivity index (χ3n) is 15.4. The van der Waals surface area contributed by atoms with E-state index in [2.05, 4.69) is 45.1 Å². The number of methoxy groups -OCH3 is 1. The summed E-state index contributed by atoms with van der Waals surface area (Å²) < 4.78 is 55.7. The number of aromatic nitrogens is 14. The Kier molecular flexibility index (Phi) is 13.9. The quantitative estimate of drug-likeness (QED) is 0.111. The van der Waals surface area contributed by atoms with Gasteiger partial charge in [-0.2, -0.15) is 0 Å². The molecule has 0 aromatic carbocycles. The van der Waals surface area contributed by atoms with Crippen LogP contribution in [0.15, 0.2) is 78.1 Å². The molecule has 20 nitrogen and oxygen atoms in total. The maximum atomic E-state index is 15.6. The van der Waals surface area contributed by atoms with Crippen molar-refractivity contribution in [3.63, 3.8) is 0 Å². The Morgan fingerprint density at radius 1 is 0.671 bits per heavy atom. The molecule has 0 bridgehead atoms. The van der Waals surface area contributed by atoms with Gasteiger partial charge in [-0.05, 0) is 128 Å². The predicted molar refractivity (Wildman–Crippen MR) is 291 cm³/mol. The Balaban J connectivity index is 0.000000167. The third-order valence-corrected chi connectivity index (χ3v) is 15.4. The van der Waals surface area contributed by atoms with Gasteiger partial charge in [0, 0.05) is 76.4 Å². The molecule has 79 heavy (non-hydrogen) atoms. The first-order chi connectivity index (χ1) is 37.8. The summed E-state index contributed by atoms with van der Waals surface area (Å²) in [6.07, 6.45) is 9.56. The van der Waals surface area contributed by atoms with Crippen molar-refractivity contribution in [3.8, 4) is 28.4 Å². The van der Waals surface area contributed by atoms with E-state index in [9.17, 15) is 15.0 Å². The topological polar surface area (TPSA) is 237 Å². The van der Waals surface area contributed by atoms with Crippen LogP contribution in [-0.2, 0) is 34.8 Å². The van der Waals surface area contributed by atoms with Gasteiger partial charge >= 0.3 is 0 Å². The van der Waals surface area contributed by atoms with Gasteiger partial charge < -0.3 is 38.5 Å². The molecule has 0 unspecified atom stereocenters. The minimum absolute atomic E-state index is 0.0180. The fourth-order valence-electron chi connectivity index (χ4n) is 11.6. The normalized spacial score (nSPS) is 15.8. The number of fused-ring (bicyclic) bond motifs is 6.